The number of aryl methyl sites for hydroxylation is 2. The second kappa shape index (κ2) is 11.6. The van der Waals surface area contributed by atoms with Gasteiger partial charge in [0, 0.05) is 10.6 Å². The number of hydrogen-bond donors (Lipinski definition) is 1. The molecule has 2 heterocycles. The molecule has 0 saturated carbocycles. The monoisotopic (exact) mass is 576 g/mol. The van der Waals surface area contributed by atoms with Gasteiger partial charge in [-0.15, -0.1) is 21.5 Å². The van der Waals surface area contributed by atoms with Crippen molar-refractivity contribution in [3.63, 3.8) is 0 Å². The van der Waals surface area contributed by atoms with Crippen molar-refractivity contribution in [3.8, 4) is 16.1 Å². The normalized spacial score (nSPS) is 12.7. The van der Waals surface area contributed by atoms with E-state index in [9.17, 15) is 14.4 Å². The summed E-state index contributed by atoms with van der Waals surface area (Å²) in [5.74, 6) is -0.921. The van der Waals surface area contributed by atoms with Crippen LogP contribution in [0, 0.1) is 6.92 Å². The lowest BCUT2D eigenvalue weighted by atomic mass is 9.89. The molecule has 1 atom stereocenters. The Balaban J connectivity index is 1.33. The highest BCUT2D eigenvalue weighted by molar-refractivity contribution is 7.98. The van der Waals surface area contributed by atoms with Crippen LogP contribution in [0.25, 0.3) is 16.1 Å². The molecule has 4 aromatic rings. The Morgan fingerprint density at radius 3 is 2.55 bits per heavy atom. The Hall–Kier alpha value is -3.96. The second-order valence-electron chi connectivity index (χ2n) is 9.14. The summed E-state index contributed by atoms with van der Waals surface area (Å²) in [5, 5.41) is 12.2. The SMILES string of the molecule is CCOC(=O)c1c(NC(=O)C(C)OC(=O)c2ccc(-n3c(C)nnc3SC)cc2)sc2c1CCc1ccccc1-2. The number of carbonyl (C=O) groups excluding carboxylic acids is 3. The van der Waals surface area contributed by atoms with E-state index in [0.29, 0.717) is 22.5 Å². The standard InChI is InChI=1S/C29H28N4O5S2/c1-5-37-28(36)23-22-15-12-18-8-6-7-9-21(18)24(22)40-26(23)30-25(34)16(2)38-27(35)19-10-13-20(14-11-19)33-17(3)31-32-29(33)39-4/h6-11,13-14,16H,5,12,15H2,1-4H3,(H,30,34). The molecule has 11 heteroatoms. The first-order chi connectivity index (χ1) is 19.3. The number of fused-ring (bicyclic) bond motifs is 3. The van der Waals surface area contributed by atoms with E-state index in [1.807, 2.05) is 35.9 Å². The molecule has 206 valence electrons. The maximum absolute atomic E-state index is 13.1. The third-order valence-corrected chi connectivity index (χ3v) is 8.43. The number of esters is 2. The van der Waals surface area contributed by atoms with Crippen LogP contribution < -0.4 is 5.32 Å². The molecule has 0 radical (unpaired) electrons. The highest BCUT2D eigenvalue weighted by Gasteiger charge is 2.31. The Morgan fingerprint density at radius 1 is 1.07 bits per heavy atom. The van der Waals surface area contributed by atoms with E-state index < -0.39 is 23.9 Å². The molecule has 5 rings (SSSR count). The van der Waals surface area contributed by atoms with Gasteiger partial charge in [0.05, 0.1) is 17.7 Å². The Morgan fingerprint density at radius 2 is 1.82 bits per heavy atom. The number of thiophene rings is 1. The third kappa shape index (κ3) is 5.26. The summed E-state index contributed by atoms with van der Waals surface area (Å²) < 4.78 is 12.7. The molecule has 0 bridgehead atoms. The number of ether oxygens (including phenoxy) is 2. The van der Waals surface area contributed by atoms with Crippen molar-refractivity contribution in [2.75, 3.05) is 18.2 Å². The lowest BCUT2D eigenvalue weighted by Gasteiger charge is -2.17. The van der Waals surface area contributed by atoms with Crippen molar-refractivity contribution in [2.24, 2.45) is 0 Å². The molecule has 1 unspecified atom stereocenters. The summed E-state index contributed by atoms with van der Waals surface area (Å²) in [7, 11) is 0. The zero-order chi connectivity index (χ0) is 28.4. The fraction of sp³-hybridized carbons (Fsp3) is 0.276. The van der Waals surface area contributed by atoms with Crippen molar-refractivity contribution in [1.29, 1.82) is 0 Å². The summed E-state index contributed by atoms with van der Waals surface area (Å²) in [6.07, 6.45) is 2.28. The van der Waals surface area contributed by atoms with Gasteiger partial charge in [-0.2, -0.15) is 0 Å². The minimum absolute atomic E-state index is 0.218. The summed E-state index contributed by atoms with van der Waals surface area (Å²) in [4.78, 5) is 39.9. The number of benzene rings is 2. The third-order valence-electron chi connectivity index (χ3n) is 6.62. The van der Waals surface area contributed by atoms with Crippen LogP contribution in [0.5, 0.6) is 0 Å². The van der Waals surface area contributed by atoms with Crippen LogP contribution in [0.2, 0.25) is 0 Å². The van der Waals surface area contributed by atoms with Crippen LogP contribution in [0.4, 0.5) is 5.00 Å². The number of hydrogen-bond acceptors (Lipinski definition) is 9. The van der Waals surface area contributed by atoms with Gasteiger partial charge in [-0.05, 0) is 80.8 Å². The van der Waals surface area contributed by atoms with Crippen molar-refractivity contribution < 1.29 is 23.9 Å². The van der Waals surface area contributed by atoms with Gasteiger partial charge >= 0.3 is 11.9 Å². The van der Waals surface area contributed by atoms with E-state index in [1.54, 1.807) is 31.2 Å². The number of rotatable bonds is 8. The molecule has 1 aliphatic rings. The predicted molar refractivity (Wildman–Crippen MR) is 155 cm³/mol. The molecule has 9 nitrogen and oxygen atoms in total. The molecule has 2 aromatic carbocycles. The van der Waals surface area contributed by atoms with Gasteiger partial charge in [0.1, 0.15) is 10.8 Å². The van der Waals surface area contributed by atoms with Crippen molar-refractivity contribution in [2.45, 2.75) is 44.9 Å². The van der Waals surface area contributed by atoms with E-state index >= 15 is 0 Å². The number of aromatic nitrogens is 3. The number of nitrogens with one attached hydrogen (secondary N) is 1. The molecule has 1 aliphatic carbocycles. The minimum Gasteiger partial charge on any atom is -0.462 e. The maximum atomic E-state index is 13.1. The Kier molecular flexibility index (Phi) is 8.04. The first-order valence-corrected chi connectivity index (χ1v) is 14.9. The number of anilines is 1. The van der Waals surface area contributed by atoms with Crippen molar-refractivity contribution in [1.82, 2.24) is 14.8 Å². The average molecular weight is 577 g/mol. The fourth-order valence-corrected chi connectivity index (χ4v) is 6.51. The smallest absolute Gasteiger partial charge is 0.341 e. The van der Waals surface area contributed by atoms with Gasteiger partial charge in [-0.3, -0.25) is 9.36 Å². The van der Waals surface area contributed by atoms with Gasteiger partial charge in [-0.25, -0.2) is 9.59 Å². The van der Waals surface area contributed by atoms with Crippen LogP contribution in [0.3, 0.4) is 0 Å². The van der Waals surface area contributed by atoms with Gasteiger partial charge in [0.2, 0.25) is 0 Å². The highest BCUT2D eigenvalue weighted by atomic mass is 32.2. The molecular formula is C29H28N4O5S2. The molecule has 40 heavy (non-hydrogen) atoms. The zero-order valence-corrected chi connectivity index (χ0v) is 24.1. The average Bonchev–Trinajstić information content (AvgIpc) is 3.52. The molecule has 1 amide bonds. The van der Waals surface area contributed by atoms with E-state index in [2.05, 4.69) is 21.6 Å². The van der Waals surface area contributed by atoms with Crippen LogP contribution in [0.15, 0.2) is 53.7 Å². The van der Waals surface area contributed by atoms with Crippen LogP contribution in [-0.2, 0) is 27.1 Å². The van der Waals surface area contributed by atoms with Gasteiger partial charge in [-0.1, -0.05) is 36.0 Å². The first kappa shape index (κ1) is 27.6. The summed E-state index contributed by atoms with van der Waals surface area (Å²) in [5.41, 5.74) is 4.60. The molecule has 0 fully saturated rings. The topological polar surface area (TPSA) is 112 Å². The van der Waals surface area contributed by atoms with Crippen LogP contribution in [0.1, 0.15) is 51.5 Å². The molecule has 0 spiro atoms. The van der Waals surface area contributed by atoms with Gasteiger partial charge in [0.25, 0.3) is 5.91 Å². The second-order valence-corrected chi connectivity index (χ2v) is 10.9. The van der Waals surface area contributed by atoms with Crippen molar-refractivity contribution in [3.05, 3.63) is 76.6 Å². The molecule has 0 saturated heterocycles. The highest BCUT2D eigenvalue weighted by Crippen LogP contribution is 2.45. The van der Waals surface area contributed by atoms with E-state index in [1.165, 1.54) is 35.6 Å². The summed E-state index contributed by atoms with van der Waals surface area (Å²) >= 11 is 2.81. The summed E-state index contributed by atoms with van der Waals surface area (Å²) in [6.45, 7) is 5.31. The van der Waals surface area contributed by atoms with Gasteiger partial charge in [0.15, 0.2) is 11.3 Å². The molecule has 2 aromatic heterocycles. The number of amides is 1. The van der Waals surface area contributed by atoms with E-state index in [-0.39, 0.29) is 6.61 Å². The zero-order valence-electron chi connectivity index (χ0n) is 22.5. The Bertz CT molecular complexity index is 1590. The lowest BCUT2D eigenvalue weighted by Crippen LogP contribution is -2.30. The summed E-state index contributed by atoms with van der Waals surface area (Å²) in [6, 6.07) is 14.9. The number of carbonyl (C=O) groups is 3. The van der Waals surface area contributed by atoms with E-state index in [0.717, 1.165) is 39.1 Å². The van der Waals surface area contributed by atoms with Gasteiger partial charge < -0.3 is 14.8 Å². The quantitative estimate of drug-likeness (QED) is 0.217. The Labute approximate surface area is 239 Å². The molecule has 0 aliphatic heterocycles. The van der Waals surface area contributed by atoms with Crippen LogP contribution >= 0.6 is 23.1 Å². The largest absolute Gasteiger partial charge is 0.462 e. The first-order valence-electron chi connectivity index (χ1n) is 12.8. The van der Waals surface area contributed by atoms with E-state index in [4.69, 9.17) is 9.47 Å². The van der Waals surface area contributed by atoms with Crippen molar-refractivity contribution >= 4 is 45.9 Å². The lowest BCUT2D eigenvalue weighted by molar-refractivity contribution is -0.123. The predicted octanol–water partition coefficient (Wildman–Crippen LogP) is 5.49. The minimum atomic E-state index is -1.10. The molecular weight excluding hydrogens is 548 g/mol. The number of thioether (sulfide) groups is 1. The van der Waals surface area contributed by atoms with Crippen LogP contribution in [-0.4, -0.2) is 51.6 Å². The number of nitrogens with zero attached hydrogens (tertiary/aromatic N) is 3. The fourth-order valence-electron chi connectivity index (χ4n) is 4.66. The maximum Gasteiger partial charge on any atom is 0.341 e. The molecule has 1 N–H and O–H groups in total.